The molecule has 0 unspecified atom stereocenters. The predicted molar refractivity (Wildman–Crippen MR) is 43.6 cm³/mol. The number of fused-ring (bicyclic) bond motifs is 1. The van der Waals surface area contributed by atoms with Crippen LogP contribution < -0.4 is 10.5 Å². The molecule has 0 aromatic heterocycles. The number of ether oxygens (including phenoxy) is 1. The zero-order valence-electron chi connectivity index (χ0n) is 6.29. The van der Waals surface area contributed by atoms with Gasteiger partial charge in [0.1, 0.15) is 12.4 Å². The lowest BCUT2D eigenvalue weighted by Crippen LogP contribution is -2.33. The molecule has 0 spiro atoms. The maximum Gasteiger partial charge on any atom is 0.122 e. The Bertz CT molecular complexity index is 259. The van der Waals surface area contributed by atoms with Crippen molar-refractivity contribution in [1.82, 2.24) is 0 Å². The van der Waals surface area contributed by atoms with Crippen LogP contribution in [0.2, 0.25) is 0 Å². The van der Waals surface area contributed by atoms with Crippen molar-refractivity contribution in [3.8, 4) is 5.75 Å². The predicted octanol–water partition coefficient (Wildman–Crippen LogP) is 0.949. The van der Waals surface area contributed by atoms with Gasteiger partial charge in [-0.1, -0.05) is 18.2 Å². The first-order valence-corrected chi connectivity index (χ1v) is 3.82. The van der Waals surface area contributed by atoms with Crippen LogP contribution >= 0.6 is 0 Å². The van der Waals surface area contributed by atoms with Gasteiger partial charge in [0.05, 0.1) is 0 Å². The topological polar surface area (TPSA) is 35.2 Å². The Morgan fingerprint density at radius 3 is 3.09 bits per heavy atom. The van der Waals surface area contributed by atoms with Crippen molar-refractivity contribution >= 4 is 0 Å². The summed E-state index contributed by atoms with van der Waals surface area (Å²) in [4.78, 5) is 0. The van der Waals surface area contributed by atoms with Gasteiger partial charge in [-0.05, 0) is 18.1 Å². The van der Waals surface area contributed by atoms with Crippen molar-refractivity contribution in [2.45, 2.75) is 12.5 Å². The van der Waals surface area contributed by atoms with E-state index in [1.807, 2.05) is 18.2 Å². The monoisotopic (exact) mass is 149 g/mol. The van der Waals surface area contributed by atoms with Crippen molar-refractivity contribution in [3.63, 3.8) is 0 Å². The van der Waals surface area contributed by atoms with Gasteiger partial charge in [0, 0.05) is 6.04 Å². The van der Waals surface area contributed by atoms with Crippen molar-refractivity contribution in [1.29, 1.82) is 0 Å². The third-order valence-corrected chi connectivity index (χ3v) is 1.91. The molecule has 2 rings (SSSR count). The van der Waals surface area contributed by atoms with Gasteiger partial charge in [0.15, 0.2) is 0 Å². The third kappa shape index (κ3) is 1.21. The van der Waals surface area contributed by atoms with E-state index in [-0.39, 0.29) is 6.04 Å². The van der Waals surface area contributed by atoms with Crippen LogP contribution in [0.5, 0.6) is 5.75 Å². The first-order valence-electron chi connectivity index (χ1n) is 3.82. The van der Waals surface area contributed by atoms with Crippen LogP contribution in [0.3, 0.4) is 0 Å². The van der Waals surface area contributed by atoms with Gasteiger partial charge in [0.25, 0.3) is 0 Å². The number of para-hydroxylation sites is 1. The molecule has 0 radical (unpaired) electrons. The van der Waals surface area contributed by atoms with E-state index < -0.39 is 0 Å². The van der Waals surface area contributed by atoms with Crippen LogP contribution in [0.4, 0.5) is 0 Å². The summed E-state index contributed by atoms with van der Waals surface area (Å²) in [6, 6.07) is 8.22. The highest BCUT2D eigenvalue weighted by molar-refractivity contribution is 5.35. The van der Waals surface area contributed by atoms with E-state index >= 15 is 0 Å². The minimum atomic E-state index is 0.171. The fraction of sp³-hybridized carbons (Fsp3) is 0.333. The van der Waals surface area contributed by atoms with Crippen LogP contribution in [-0.4, -0.2) is 12.6 Å². The third-order valence-electron chi connectivity index (χ3n) is 1.91. The Labute approximate surface area is 66.0 Å². The molecule has 11 heavy (non-hydrogen) atoms. The van der Waals surface area contributed by atoms with E-state index in [4.69, 9.17) is 10.5 Å². The molecule has 58 valence electrons. The van der Waals surface area contributed by atoms with E-state index in [1.165, 1.54) is 5.56 Å². The zero-order valence-corrected chi connectivity index (χ0v) is 6.29. The summed E-state index contributed by atoms with van der Waals surface area (Å²) < 4.78 is 5.41. The minimum Gasteiger partial charge on any atom is -0.492 e. The number of rotatable bonds is 0. The average molecular weight is 149 g/mol. The number of nitrogens with two attached hydrogens (primary N) is 1. The van der Waals surface area contributed by atoms with Gasteiger partial charge < -0.3 is 10.5 Å². The van der Waals surface area contributed by atoms with Crippen molar-refractivity contribution < 1.29 is 4.74 Å². The fourth-order valence-electron chi connectivity index (χ4n) is 1.35. The average Bonchev–Trinajstić information content (AvgIpc) is 2.04. The summed E-state index contributed by atoms with van der Waals surface area (Å²) in [5.74, 6) is 0.995. The first kappa shape index (κ1) is 6.68. The van der Waals surface area contributed by atoms with E-state index in [0.717, 1.165) is 12.2 Å². The summed E-state index contributed by atoms with van der Waals surface area (Å²) in [5.41, 5.74) is 6.95. The van der Waals surface area contributed by atoms with Gasteiger partial charge in [-0.3, -0.25) is 0 Å². The van der Waals surface area contributed by atoms with Gasteiger partial charge in [-0.15, -0.1) is 0 Å². The molecule has 1 aliphatic rings. The Morgan fingerprint density at radius 1 is 1.36 bits per heavy atom. The summed E-state index contributed by atoms with van der Waals surface area (Å²) >= 11 is 0. The highest BCUT2D eigenvalue weighted by Gasteiger charge is 2.14. The van der Waals surface area contributed by atoms with E-state index in [9.17, 15) is 0 Å². The molecule has 0 saturated carbocycles. The second-order valence-electron chi connectivity index (χ2n) is 2.88. The molecule has 1 aromatic rings. The quantitative estimate of drug-likeness (QED) is 0.596. The lowest BCUT2D eigenvalue weighted by atomic mass is 10.0. The Kier molecular flexibility index (Phi) is 1.55. The van der Waals surface area contributed by atoms with Gasteiger partial charge in [-0.25, -0.2) is 0 Å². The molecular weight excluding hydrogens is 138 g/mol. The van der Waals surface area contributed by atoms with Crippen LogP contribution in [-0.2, 0) is 6.42 Å². The van der Waals surface area contributed by atoms with Crippen LogP contribution in [0.1, 0.15) is 5.56 Å². The molecule has 1 heterocycles. The molecule has 1 atom stereocenters. The van der Waals surface area contributed by atoms with E-state index in [1.54, 1.807) is 0 Å². The molecule has 0 aliphatic carbocycles. The zero-order chi connectivity index (χ0) is 7.68. The second kappa shape index (κ2) is 2.55. The van der Waals surface area contributed by atoms with Crippen LogP contribution in [0, 0.1) is 0 Å². The number of hydrogen-bond donors (Lipinski definition) is 1. The molecular formula is C9H11NO. The number of benzene rings is 1. The Morgan fingerprint density at radius 2 is 2.18 bits per heavy atom. The highest BCUT2D eigenvalue weighted by Crippen LogP contribution is 2.22. The molecule has 0 saturated heterocycles. The molecule has 2 nitrogen and oxygen atoms in total. The minimum absolute atomic E-state index is 0.171. The Balaban J connectivity index is 2.34. The summed E-state index contributed by atoms with van der Waals surface area (Å²) in [7, 11) is 0. The maximum atomic E-state index is 5.72. The molecule has 0 bridgehead atoms. The molecule has 2 N–H and O–H groups in total. The summed E-state index contributed by atoms with van der Waals surface area (Å²) in [6.45, 7) is 0.650. The van der Waals surface area contributed by atoms with Crippen LogP contribution in [0.25, 0.3) is 0 Å². The van der Waals surface area contributed by atoms with E-state index in [0.29, 0.717) is 6.61 Å². The SMILES string of the molecule is N[C@@H]1COc2ccccc2C1. The van der Waals surface area contributed by atoms with Gasteiger partial charge in [0.2, 0.25) is 0 Å². The van der Waals surface area contributed by atoms with Crippen molar-refractivity contribution in [2.75, 3.05) is 6.61 Å². The molecule has 2 heteroatoms. The smallest absolute Gasteiger partial charge is 0.122 e. The van der Waals surface area contributed by atoms with Crippen LogP contribution in [0.15, 0.2) is 24.3 Å². The highest BCUT2D eigenvalue weighted by atomic mass is 16.5. The Hall–Kier alpha value is -1.02. The van der Waals surface area contributed by atoms with Crippen molar-refractivity contribution in [3.05, 3.63) is 29.8 Å². The fourth-order valence-corrected chi connectivity index (χ4v) is 1.35. The normalized spacial score (nSPS) is 22.1. The largest absolute Gasteiger partial charge is 0.492 e. The molecule has 0 amide bonds. The molecule has 1 aromatic carbocycles. The standard InChI is InChI=1S/C9H11NO/c10-8-5-7-3-1-2-4-9(7)11-6-8/h1-4,8H,5-6,10H2/t8-/m0/s1. The second-order valence-corrected chi connectivity index (χ2v) is 2.88. The molecule has 1 aliphatic heterocycles. The first-order chi connectivity index (χ1) is 5.36. The maximum absolute atomic E-state index is 5.72. The van der Waals surface area contributed by atoms with Gasteiger partial charge in [-0.2, -0.15) is 0 Å². The molecule has 0 fully saturated rings. The lowest BCUT2D eigenvalue weighted by Gasteiger charge is -2.21. The lowest BCUT2D eigenvalue weighted by molar-refractivity contribution is 0.263. The van der Waals surface area contributed by atoms with Crippen molar-refractivity contribution in [2.24, 2.45) is 5.73 Å². The van der Waals surface area contributed by atoms with E-state index in [2.05, 4.69) is 6.07 Å². The number of hydrogen-bond acceptors (Lipinski definition) is 2. The summed E-state index contributed by atoms with van der Waals surface area (Å²) in [5, 5.41) is 0. The summed E-state index contributed by atoms with van der Waals surface area (Å²) in [6.07, 6.45) is 0.941. The van der Waals surface area contributed by atoms with Gasteiger partial charge >= 0.3 is 0 Å².